The van der Waals surface area contributed by atoms with Crippen LogP contribution in [0.4, 0.5) is 17.1 Å². The first kappa shape index (κ1) is 26.5. The Balaban J connectivity index is 1.07. The van der Waals surface area contributed by atoms with Crippen molar-refractivity contribution in [2.75, 3.05) is 4.90 Å². The monoisotopic (exact) mass is 628 g/mol. The zero-order valence-corrected chi connectivity index (χ0v) is 26.4. The molecule has 2 aromatic heterocycles. The van der Waals surface area contributed by atoms with E-state index in [1.807, 2.05) is 30.3 Å². The largest absolute Gasteiger partial charge is 0.456 e. The molecule has 10 aromatic rings. The summed E-state index contributed by atoms with van der Waals surface area (Å²) in [5.41, 5.74) is 11.1. The summed E-state index contributed by atoms with van der Waals surface area (Å²) in [5, 5.41) is 6.62. The van der Waals surface area contributed by atoms with Crippen LogP contribution in [0.25, 0.3) is 76.9 Å². The van der Waals surface area contributed by atoms with Gasteiger partial charge in [0.15, 0.2) is 0 Å². The molecule has 8 aromatic carbocycles. The van der Waals surface area contributed by atoms with Crippen molar-refractivity contribution in [1.29, 1.82) is 0 Å². The Bertz CT molecular complexity index is 2880. The second kappa shape index (κ2) is 11.0. The normalized spacial score (nSPS) is 12.0. The van der Waals surface area contributed by atoms with Crippen LogP contribution in [-0.4, -0.2) is 0 Å². The number of rotatable bonds is 5. The van der Waals surface area contributed by atoms with Gasteiger partial charge in [0.25, 0.3) is 0 Å². The minimum absolute atomic E-state index is 0.475. The van der Waals surface area contributed by atoms with Crippen molar-refractivity contribution in [1.82, 2.24) is 0 Å². The molecule has 0 fully saturated rings. The molecule has 0 aliphatic heterocycles. The Morgan fingerprint density at radius 2 is 1.02 bits per heavy atom. The molecule has 0 atom stereocenters. The quantitative estimate of drug-likeness (QED) is 0.190. The molecule has 3 heteroatoms. The smallest absolute Gasteiger partial charge is 0.143 e. The maximum atomic E-state index is 8.12. The van der Waals surface area contributed by atoms with Gasteiger partial charge in [-0.15, -0.1) is 0 Å². The van der Waals surface area contributed by atoms with Crippen LogP contribution in [0.15, 0.2) is 185 Å². The summed E-state index contributed by atoms with van der Waals surface area (Å²) in [6, 6.07) is 59.4. The summed E-state index contributed by atoms with van der Waals surface area (Å²) in [7, 11) is 0. The van der Waals surface area contributed by atoms with Crippen LogP contribution < -0.4 is 4.90 Å². The molecule has 0 amide bonds. The van der Waals surface area contributed by atoms with Gasteiger partial charge in [-0.25, -0.2) is 0 Å². The zero-order valence-electron chi connectivity index (χ0n) is 27.4. The number of hydrogen-bond acceptors (Lipinski definition) is 3. The molecule has 10 rings (SSSR count). The summed E-state index contributed by atoms with van der Waals surface area (Å²) < 4.78 is 20.6. The van der Waals surface area contributed by atoms with Crippen LogP contribution in [0.5, 0.6) is 0 Å². The van der Waals surface area contributed by atoms with E-state index in [4.69, 9.17) is 10.2 Å². The van der Waals surface area contributed by atoms with Gasteiger partial charge in [0.05, 0.1) is 7.06 Å². The van der Waals surface area contributed by atoms with Gasteiger partial charge in [0, 0.05) is 43.9 Å². The van der Waals surface area contributed by atoms with Gasteiger partial charge in [0.1, 0.15) is 22.3 Å². The highest BCUT2D eigenvalue weighted by atomic mass is 16.3. The number of benzene rings is 8. The van der Waals surface area contributed by atoms with Gasteiger partial charge >= 0.3 is 0 Å². The minimum Gasteiger partial charge on any atom is -0.456 e. The summed E-state index contributed by atoms with van der Waals surface area (Å²) in [6.45, 7) is 0. The Labute approximate surface area is 284 Å². The number of anilines is 3. The van der Waals surface area contributed by atoms with Crippen LogP contribution in [-0.2, 0) is 0 Å². The first-order valence-electron chi connectivity index (χ1n) is 17.0. The van der Waals surface area contributed by atoms with Crippen LogP contribution in [0.1, 0.15) is 1.37 Å². The zero-order chi connectivity index (χ0) is 33.2. The van der Waals surface area contributed by atoms with Crippen molar-refractivity contribution < 1.29 is 10.2 Å². The second-order valence-corrected chi connectivity index (χ2v) is 12.4. The lowest BCUT2D eigenvalue weighted by Crippen LogP contribution is -2.10. The maximum Gasteiger partial charge on any atom is 0.143 e. The van der Waals surface area contributed by atoms with E-state index in [0.717, 1.165) is 83.2 Å². The van der Waals surface area contributed by atoms with E-state index in [1.54, 1.807) is 6.07 Å². The molecule has 2 heterocycles. The fourth-order valence-electron chi connectivity index (χ4n) is 7.24. The molecule has 49 heavy (non-hydrogen) atoms. The number of para-hydroxylation sites is 3. The number of nitrogens with zero attached hydrogens (tertiary/aromatic N) is 1. The maximum absolute atomic E-state index is 8.12. The molecule has 0 unspecified atom stereocenters. The molecular formula is C46H29NO2. The first-order chi connectivity index (χ1) is 24.7. The van der Waals surface area contributed by atoms with Crippen LogP contribution in [0.3, 0.4) is 0 Å². The average Bonchev–Trinajstić information content (AvgIpc) is 3.73. The standard InChI is InChI=1S/C46H29NO2/c1-2-11-36-31(9-1)10-7-16-42(36)47(34-24-19-30(20-25-34)33-23-28-45-41(29-33)39-13-4-5-17-43(39)48-45)35-26-21-32(22-27-35)37-14-8-15-40-38-12-3-6-18-44(38)49-46(37)40/h1-29H/i4D. The van der Waals surface area contributed by atoms with Crippen molar-refractivity contribution in [3.05, 3.63) is 176 Å². The topological polar surface area (TPSA) is 29.5 Å². The SMILES string of the molecule is [2H]c1ccc2oc3ccc(-c4ccc(N(c5ccc(-c6cccc7c6oc6ccccc67)cc5)c5cccc6ccccc56)cc4)cc3c2c1. The molecule has 0 aliphatic carbocycles. The highest BCUT2D eigenvalue weighted by Crippen LogP contribution is 2.42. The molecule has 0 saturated heterocycles. The molecule has 0 spiro atoms. The van der Waals surface area contributed by atoms with Gasteiger partial charge in [-0.2, -0.15) is 0 Å². The minimum atomic E-state index is 0.475. The number of fused-ring (bicyclic) bond motifs is 7. The third-order valence-corrected chi connectivity index (χ3v) is 9.62. The molecule has 3 nitrogen and oxygen atoms in total. The predicted octanol–water partition coefficient (Wildman–Crippen LogP) is 13.4. The Morgan fingerprint density at radius 1 is 0.408 bits per heavy atom. The fraction of sp³-hybridized carbons (Fsp3) is 0. The van der Waals surface area contributed by atoms with Gasteiger partial charge in [-0.05, 0) is 76.7 Å². The van der Waals surface area contributed by atoms with Gasteiger partial charge in [-0.3, -0.25) is 0 Å². The summed E-state index contributed by atoms with van der Waals surface area (Å²) in [5.74, 6) is 0. The average molecular weight is 629 g/mol. The van der Waals surface area contributed by atoms with Crippen LogP contribution >= 0.6 is 0 Å². The molecular weight excluding hydrogens is 599 g/mol. The van der Waals surface area contributed by atoms with Crippen molar-refractivity contribution in [2.45, 2.75) is 0 Å². The molecule has 0 aliphatic rings. The van der Waals surface area contributed by atoms with E-state index in [2.05, 4.69) is 138 Å². The molecule has 0 bridgehead atoms. The molecule has 230 valence electrons. The number of furan rings is 2. The van der Waals surface area contributed by atoms with Crippen LogP contribution in [0.2, 0.25) is 0 Å². The third kappa shape index (κ3) is 4.51. The molecule has 0 radical (unpaired) electrons. The van der Waals surface area contributed by atoms with Gasteiger partial charge in [-0.1, -0.05) is 121 Å². The molecule has 0 saturated carbocycles. The predicted molar refractivity (Wildman–Crippen MR) is 204 cm³/mol. The first-order valence-corrected chi connectivity index (χ1v) is 16.5. The highest BCUT2D eigenvalue weighted by molar-refractivity contribution is 6.10. The molecule has 0 N–H and O–H groups in total. The summed E-state index contributed by atoms with van der Waals surface area (Å²) in [6.07, 6.45) is 0. The van der Waals surface area contributed by atoms with Gasteiger partial charge in [0.2, 0.25) is 0 Å². The van der Waals surface area contributed by atoms with E-state index in [9.17, 15) is 0 Å². The van der Waals surface area contributed by atoms with Crippen molar-refractivity contribution >= 4 is 71.7 Å². The van der Waals surface area contributed by atoms with E-state index in [-0.39, 0.29) is 0 Å². The van der Waals surface area contributed by atoms with Crippen molar-refractivity contribution in [3.8, 4) is 22.3 Å². The lowest BCUT2D eigenvalue weighted by Gasteiger charge is -2.27. The second-order valence-electron chi connectivity index (χ2n) is 12.4. The summed E-state index contributed by atoms with van der Waals surface area (Å²) >= 11 is 0. The van der Waals surface area contributed by atoms with Crippen molar-refractivity contribution in [2.24, 2.45) is 0 Å². The Morgan fingerprint density at radius 3 is 1.88 bits per heavy atom. The Kier molecular flexibility index (Phi) is 5.95. The van der Waals surface area contributed by atoms with E-state index >= 15 is 0 Å². The Hall–Kier alpha value is -6.58. The highest BCUT2D eigenvalue weighted by Gasteiger charge is 2.17. The van der Waals surface area contributed by atoms with Crippen molar-refractivity contribution in [3.63, 3.8) is 0 Å². The fourth-order valence-corrected chi connectivity index (χ4v) is 7.24. The van der Waals surface area contributed by atoms with Gasteiger partial charge < -0.3 is 13.7 Å². The van der Waals surface area contributed by atoms with E-state index < -0.39 is 0 Å². The lowest BCUT2D eigenvalue weighted by molar-refractivity contribution is 0.669. The van der Waals surface area contributed by atoms with Crippen LogP contribution in [0, 0.1) is 0 Å². The lowest BCUT2D eigenvalue weighted by atomic mass is 10.0. The number of hydrogen-bond donors (Lipinski definition) is 0. The van der Waals surface area contributed by atoms with E-state index in [1.165, 1.54) is 10.8 Å². The third-order valence-electron chi connectivity index (χ3n) is 9.62. The summed E-state index contributed by atoms with van der Waals surface area (Å²) in [4.78, 5) is 2.33. The van der Waals surface area contributed by atoms with E-state index in [0.29, 0.717) is 6.04 Å².